The lowest BCUT2D eigenvalue weighted by Crippen LogP contribution is -2.20. The van der Waals surface area contributed by atoms with E-state index < -0.39 is 12.0 Å². The van der Waals surface area contributed by atoms with E-state index in [-0.39, 0.29) is 19.1 Å². The fraction of sp³-hybridized carbons (Fsp3) is 0.357. The van der Waals surface area contributed by atoms with Gasteiger partial charge in [0.05, 0.1) is 5.88 Å². The summed E-state index contributed by atoms with van der Waals surface area (Å²) in [6.45, 7) is 3.60. The maximum Gasteiger partial charge on any atom is 0.255 e. The normalized spacial score (nSPS) is 11.7. The third-order valence-corrected chi connectivity index (χ3v) is 2.74. The largest absolute Gasteiger partial charge is 0.491 e. The van der Waals surface area contributed by atoms with Crippen molar-refractivity contribution in [3.63, 3.8) is 0 Å². The van der Waals surface area contributed by atoms with E-state index in [2.05, 4.69) is 6.58 Å². The molecule has 0 saturated carbocycles. The molecule has 6 heteroatoms. The summed E-state index contributed by atoms with van der Waals surface area (Å²) in [6.07, 6.45) is 1.57. The summed E-state index contributed by atoms with van der Waals surface area (Å²) in [5.74, 6) is 0.698. The molecular formula is C14H18ClNO4. The van der Waals surface area contributed by atoms with E-state index in [1.807, 2.05) is 0 Å². The predicted octanol–water partition coefficient (Wildman–Crippen LogP) is 1.26. The number of benzene rings is 1. The lowest BCUT2D eigenvalue weighted by Gasteiger charge is -2.14. The molecule has 0 saturated heterocycles. The van der Waals surface area contributed by atoms with Crippen LogP contribution in [0.25, 0.3) is 0 Å². The van der Waals surface area contributed by atoms with Crippen LogP contribution in [-0.2, 0) is 11.2 Å². The number of allylic oxidation sites excluding steroid dienone is 1. The molecule has 0 fully saturated rings. The first kappa shape index (κ1) is 16.3. The number of aliphatic hydroxyl groups is 1. The van der Waals surface area contributed by atoms with Crippen LogP contribution in [0.15, 0.2) is 30.9 Å². The smallest absolute Gasteiger partial charge is 0.255 e. The first-order chi connectivity index (χ1) is 9.56. The molecule has 20 heavy (non-hydrogen) atoms. The molecule has 1 rings (SSSR count). The molecular weight excluding hydrogens is 282 g/mol. The van der Waals surface area contributed by atoms with E-state index in [0.717, 1.165) is 5.56 Å². The Bertz CT molecular complexity index is 464. The van der Waals surface area contributed by atoms with Crippen LogP contribution in [-0.4, -0.2) is 36.2 Å². The molecule has 0 radical (unpaired) electrons. The van der Waals surface area contributed by atoms with Crippen molar-refractivity contribution in [1.29, 1.82) is 0 Å². The van der Waals surface area contributed by atoms with Crippen molar-refractivity contribution >= 4 is 17.5 Å². The predicted molar refractivity (Wildman–Crippen MR) is 77.3 cm³/mol. The summed E-state index contributed by atoms with van der Waals surface area (Å²) < 4.78 is 10.7. The van der Waals surface area contributed by atoms with E-state index in [9.17, 15) is 9.90 Å². The molecule has 0 aliphatic heterocycles. The zero-order chi connectivity index (χ0) is 15.0. The average Bonchev–Trinajstić information content (AvgIpc) is 2.44. The highest BCUT2D eigenvalue weighted by molar-refractivity contribution is 6.18. The molecule has 0 aromatic heterocycles. The van der Waals surface area contributed by atoms with Gasteiger partial charge in [0.1, 0.15) is 24.2 Å². The number of aliphatic hydroxyl groups excluding tert-OH is 1. The zero-order valence-electron chi connectivity index (χ0n) is 11.0. The minimum absolute atomic E-state index is 0.106. The van der Waals surface area contributed by atoms with Crippen molar-refractivity contribution in [2.45, 2.75) is 12.5 Å². The first-order valence-electron chi connectivity index (χ1n) is 6.08. The van der Waals surface area contributed by atoms with Crippen molar-refractivity contribution < 1.29 is 19.4 Å². The second kappa shape index (κ2) is 8.45. The fourth-order valence-corrected chi connectivity index (χ4v) is 1.58. The van der Waals surface area contributed by atoms with Crippen LogP contribution in [0.1, 0.15) is 5.56 Å². The number of ether oxygens (including phenoxy) is 2. The Kier molecular flexibility index (Phi) is 6.90. The first-order valence-corrected chi connectivity index (χ1v) is 6.62. The third-order valence-electron chi connectivity index (χ3n) is 2.39. The van der Waals surface area contributed by atoms with Crippen LogP contribution in [0.5, 0.6) is 11.5 Å². The molecule has 5 nitrogen and oxygen atoms in total. The Morgan fingerprint density at radius 3 is 2.85 bits per heavy atom. The molecule has 0 aliphatic rings. The quantitative estimate of drug-likeness (QED) is 0.531. The van der Waals surface area contributed by atoms with E-state index in [4.69, 9.17) is 26.8 Å². The molecule has 0 heterocycles. The SMILES string of the molecule is C=CCc1cc(OCC(N)=O)ccc1OCC(O)CCl. The Hall–Kier alpha value is -1.72. The average molecular weight is 300 g/mol. The van der Waals surface area contributed by atoms with Crippen molar-refractivity contribution in [1.82, 2.24) is 0 Å². The summed E-state index contributed by atoms with van der Waals surface area (Å²) in [5.41, 5.74) is 5.85. The lowest BCUT2D eigenvalue weighted by molar-refractivity contribution is -0.119. The van der Waals surface area contributed by atoms with Gasteiger partial charge in [-0.15, -0.1) is 18.2 Å². The van der Waals surface area contributed by atoms with Gasteiger partial charge in [0.25, 0.3) is 5.91 Å². The molecule has 0 spiro atoms. The molecule has 1 atom stereocenters. The maximum absolute atomic E-state index is 10.7. The van der Waals surface area contributed by atoms with Crippen LogP contribution < -0.4 is 15.2 Å². The lowest BCUT2D eigenvalue weighted by atomic mass is 10.1. The zero-order valence-corrected chi connectivity index (χ0v) is 11.8. The van der Waals surface area contributed by atoms with Crippen LogP contribution >= 0.6 is 11.6 Å². The number of amides is 1. The van der Waals surface area contributed by atoms with Gasteiger partial charge in [-0.05, 0) is 24.6 Å². The van der Waals surface area contributed by atoms with E-state index in [0.29, 0.717) is 17.9 Å². The van der Waals surface area contributed by atoms with Gasteiger partial charge in [-0.25, -0.2) is 0 Å². The fourth-order valence-electron chi connectivity index (χ4n) is 1.49. The highest BCUT2D eigenvalue weighted by Gasteiger charge is 2.08. The van der Waals surface area contributed by atoms with Gasteiger partial charge in [-0.2, -0.15) is 0 Å². The molecule has 1 aromatic carbocycles. The molecule has 1 unspecified atom stereocenters. The van der Waals surface area contributed by atoms with Gasteiger partial charge >= 0.3 is 0 Å². The Balaban J connectivity index is 2.78. The molecule has 110 valence electrons. The highest BCUT2D eigenvalue weighted by Crippen LogP contribution is 2.25. The minimum Gasteiger partial charge on any atom is -0.491 e. The van der Waals surface area contributed by atoms with Gasteiger partial charge in [0.2, 0.25) is 0 Å². The van der Waals surface area contributed by atoms with Crippen molar-refractivity contribution in [3.8, 4) is 11.5 Å². The van der Waals surface area contributed by atoms with E-state index in [1.54, 1.807) is 24.3 Å². The molecule has 1 aromatic rings. The van der Waals surface area contributed by atoms with Crippen molar-refractivity contribution in [3.05, 3.63) is 36.4 Å². The number of alkyl halides is 1. The summed E-state index contributed by atoms with van der Waals surface area (Å²) in [5, 5.41) is 9.39. The summed E-state index contributed by atoms with van der Waals surface area (Å²) in [7, 11) is 0. The van der Waals surface area contributed by atoms with Crippen LogP contribution in [0, 0.1) is 0 Å². The summed E-state index contributed by atoms with van der Waals surface area (Å²) >= 11 is 5.51. The molecule has 0 bridgehead atoms. The second-order valence-electron chi connectivity index (χ2n) is 4.14. The topological polar surface area (TPSA) is 81.8 Å². The van der Waals surface area contributed by atoms with Crippen molar-refractivity contribution in [2.75, 3.05) is 19.1 Å². The number of halogens is 1. The number of carbonyl (C=O) groups excluding carboxylic acids is 1. The number of hydrogen-bond donors (Lipinski definition) is 2. The van der Waals surface area contributed by atoms with Crippen LogP contribution in [0.2, 0.25) is 0 Å². The Morgan fingerprint density at radius 1 is 1.50 bits per heavy atom. The van der Waals surface area contributed by atoms with Crippen LogP contribution in [0.4, 0.5) is 0 Å². The monoisotopic (exact) mass is 299 g/mol. The highest BCUT2D eigenvalue weighted by atomic mass is 35.5. The van der Waals surface area contributed by atoms with Gasteiger partial charge in [0.15, 0.2) is 6.61 Å². The minimum atomic E-state index is -0.723. The molecule has 0 aliphatic carbocycles. The Morgan fingerprint density at radius 2 is 2.25 bits per heavy atom. The number of rotatable bonds is 9. The number of carbonyl (C=O) groups is 1. The summed E-state index contributed by atoms with van der Waals surface area (Å²) in [4.78, 5) is 10.7. The van der Waals surface area contributed by atoms with Gasteiger partial charge in [0, 0.05) is 5.56 Å². The number of nitrogens with two attached hydrogens (primary N) is 1. The number of primary amides is 1. The molecule has 3 N–H and O–H groups in total. The third kappa shape index (κ3) is 5.50. The Labute approximate surface area is 122 Å². The number of hydrogen-bond acceptors (Lipinski definition) is 4. The van der Waals surface area contributed by atoms with Crippen molar-refractivity contribution in [2.24, 2.45) is 5.73 Å². The summed E-state index contributed by atoms with van der Waals surface area (Å²) in [6, 6.07) is 5.11. The van der Waals surface area contributed by atoms with E-state index in [1.165, 1.54) is 0 Å². The van der Waals surface area contributed by atoms with Gasteiger partial charge in [-0.1, -0.05) is 6.08 Å². The second-order valence-corrected chi connectivity index (χ2v) is 4.45. The van der Waals surface area contributed by atoms with Gasteiger partial charge in [-0.3, -0.25) is 4.79 Å². The standard InChI is InChI=1S/C14H18ClNO4/c1-2-3-10-6-12(19-9-14(16)18)4-5-13(10)20-8-11(17)7-15/h2,4-6,11,17H,1,3,7-9H2,(H2,16,18). The molecule has 1 amide bonds. The van der Waals surface area contributed by atoms with Gasteiger partial charge < -0.3 is 20.3 Å². The van der Waals surface area contributed by atoms with Crippen LogP contribution in [0.3, 0.4) is 0 Å². The van der Waals surface area contributed by atoms with E-state index >= 15 is 0 Å². The maximum atomic E-state index is 10.7.